The fourth-order valence-electron chi connectivity index (χ4n) is 4.02. The molecular formula is C24H22N2O4. The lowest BCUT2D eigenvalue weighted by molar-refractivity contribution is -0.137. The van der Waals surface area contributed by atoms with E-state index in [1.54, 1.807) is 24.3 Å². The molecule has 6 heteroatoms. The molecule has 0 aromatic heterocycles. The predicted octanol–water partition coefficient (Wildman–Crippen LogP) is 4.32. The highest BCUT2D eigenvalue weighted by molar-refractivity contribution is 5.79. The third-order valence-electron chi connectivity index (χ3n) is 5.39. The van der Waals surface area contributed by atoms with Crippen molar-refractivity contribution in [3.63, 3.8) is 0 Å². The Morgan fingerprint density at radius 2 is 1.50 bits per heavy atom. The molecule has 0 aliphatic heterocycles. The van der Waals surface area contributed by atoms with Gasteiger partial charge in [0.25, 0.3) is 0 Å². The number of amides is 1. The summed E-state index contributed by atoms with van der Waals surface area (Å²) in [5.41, 5.74) is 11.4. The number of ether oxygens (including phenoxy) is 1. The molecule has 4 rings (SSSR count). The first-order chi connectivity index (χ1) is 14.5. The minimum Gasteiger partial charge on any atom is -0.481 e. The van der Waals surface area contributed by atoms with Crippen molar-refractivity contribution in [2.45, 2.75) is 18.4 Å². The maximum absolute atomic E-state index is 12.5. The zero-order valence-electron chi connectivity index (χ0n) is 16.2. The third kappa shape index (κ3) is 3.85. The topological polar surface area (TPSA) is 102 Å². The Labute approximate surface area is 174 Å². The molecule has 1 aliphatic rings. The second-order valence-electron chi connectivity index (χ2n) is 7.25. The van der Waals surface area contributed by atoms with Crippen molar-refractivity contribution in [3.8, 4) is 11.1 Å². The summed E-state index contributed by atoms with van der Waals surface area (Å²) in [6.07, 6.45) is -0.968. The van der Waals surface area contributed by atoms with Crippen LogP contribution in [0.2, 0.25) is 0 Å². The van der Waals surface area contributed by atoms with Gasteiger partial charge in [0.05, 0.1) is 12.5 Å². The minimum absolute atomic E-state index is 0.0668. The Kier molecular flexibility index (Phi) is 5.39. The lowest BCUT2D eigenvalue weighted by atomic mass is 9.98. The van der Waals surface area contributed by atoms with E-state index in [4.69, 9.17) is 10.5 Å². The molecule has 0 fully saturated rings. The summed E-state index contributed by atoms with van der Waals surface area (Å²) in [6, 6.07) is 22.2. The Morgan fingerprint density at radius 3 is 2.10 bits per heavy atom. The van der Waals surface area contributed by atoms with Gasteiger partial charge in [0.15, 0.2) is 0 Å². The monoisotopic (exact) mass is 402 g/mol. The average molecular weight is 402 g/mol. The number of fused-ring (bicyclic) bond motifs is 3. The molecule has 1 amide bonds. The van der Waals surface area contributed by atoms with E-state index in [9.17, 15) is 14.7 Å². The number of carbonyl (C=O) groups is 2. The molecule has 4 N–H and O–H groups in total. The molecule has 0 radical (unpaired) electrons. The molecule has 6 nitrogen and oxygen atoms in total. The predicted molar refractivity (Wildman–Crippen MR) is 114 cm³/mol. The lowest BCUT2D eigenvalue weighted by Crippen LogP contribution is -2.32. The van der Waals surface area contributed by atoms with Gasteiger partial charge in [0.1, 0.15) is 6.61 Å². The van der Waals surface area contributed by atoms with Gasteiger partial charge in [-0.25, -0.2) is 4.79 Å². The number of alkyl carbamates (subject to hydrolysis) is 1. The highest BCUT2D eigenvalue weighted by Gasteiger charge is 2.29. The molecule has 152 valence electrons. The number of rotatable bonds is 6. The van der Waals surface area contributed by atoms with Crippen molar-refractivity contribution in [3.05, 3.63) is 89.5 Å². The number of benzene rings is 3. The summed E-state index contributed by atoms with van der Waals surface area (Å²) in [5, 5.41) is 11.9. The fraction of sp³-hybridized carbons (Fsp3) is 0.167. The van der Waals surface area contributed by atoms with Crippen LogP contribution in [0.1, 0.15) is 35.1 Å². The van der Waals surface area contributed by atoms with Gasteiger partial charge in [0, 0.05) is 11.6 Å². The van der Waals surface area contributed by atoms with E-state index >= 15 is 0 Å². The van der Waals surface area contributed by atoms with Crippen molar-refractivity contribution in [2.24, 2.45) is 0 Å². The van der Waals surface area contributed by atoms with Crippen LogP contribution in [0.3, 0.4) is 0 Å². The molecule has 1 aliphatic carbocycles. The zero-order valence-corrected chi connectivity index (χ0v) is 16.2. The third-order valence-corrected chi connectivity index (χ3v) is 5.39. The van der Waals surface area contributed by atoms with E-state index in [0.717, 1.165) is 22.3 Å². The second kappa shape index (κ2) is 8.29. The Balaban J connectivity index is 1.49. The fourth-order valence-corrected chi connectivity index (χ4v) is 4.02. The normalized spacial score (nSPS) is 13.2. The second-order valence-corrected chi connectivity index (χ2v) is 7.25. The van der Waals surface area contributed by atoms with Crippen molar-refractivity contribution < 1.29 is 19.4 Å². The van der Waals surface area contributed by atoms with Crippen LogP contribution in [0.5, 0.6) is 0 Å². The smallest absolute Gasteiger partial charge is 0.407 e. The number of aliphatic carboxylic acids is 1. The summed E-state index contributed by atoms with van der Waals surface area (Å²) in [5.74, 6) is -1.11. The first-order valence-corrected chi connectivity index (χ1v) is 9.72. The molecule has 0 spiro atoms. The highest BCUT2D eigenvalue weighted by atomic mass is 16.5. The summed E-state index contributed by atoms with van der Waals surface area (Å²) in [4.78, 5) is 23.8. The maximum atomic E-state index is 12.5. The van der Waals surface area contributed by atoms with Crippen LogP contribution in [0.25, 0.3) is 11.1 Å². The molecule has 1 unspecified atom stereocenters. The number of carboxylic acid groups (broad SMARTS) is 1. The van der Waals surface area contributed by atoms with Crippen LogP contribution in [-0.4, -0.2) is 23.8 Å². The molecule has 0 heterocycles. The van der Waals surface area contributed by atoms with E-state index in [0.29, 0.717) is 11.3 Å². The summed E-state index contributed by atoms with van der Waals surface area (Å²) in [7, 11) is 0. The van der Waals surface area contributed by atoms with E-state index in [-0.39, 0.29) is 18.9 Å². The number of nitrogens with one attached hydrogen (secondary N) is 1. The van der Waals surface area contributed by atoms with E-state index < -0.39 is 18.1 Å². The minimum atomic E-state index is -1.04. The lowest BCUT2D eigenvalue weighted by Gasteiger charge is -2.20. The summed E-state index contributed by atoms with van der Waals surface area (Å²) >= 11 is 0. The van der Waals surface area contributed by atoms with Crippen LogP contribution in [0.15, 0.2) is 72.8 Å². The van der Waals surface area contributed by atoms with Gasteiger partial charge in [0.2, 0.25) is 0 Å². The zero-order chi connectivity index (χ0) is 21.1. The number of nitrogens with two attached hydrogens (primary N) is 1. The van der Waals surface area contributed by atoms with Crippen LogP contribution in [0.4, 0.5) is 10.5 Å². The van der Waals surface area contributed by atoms with Crippen molar-refractivity contribution in [1.82, 2.24) is 5.32 Å². The van der Waals surface area contributed by atoms with E-state index in [1.807, 2.05) is 36.4 Å². The first kappa shape index (κ1) is 19.5. The SMILES string of the molecule is Nc1ccccc1C(CC(=O)O)NC(=O)OCC1c2ccccc2-c2ccccc21. The molecule has 0 saturated carbocycles. The number of hydrogen-bond donors (Lipinski definition) is 3. The largest absolute Gasteiger partial charge is 0.481 e. The van der Waals surface area contributed by atoms with Crippen LogP contribution < -0.4 is 11.1 Å². The van der Waals surface area contributed by atoms with Crippen LogP contribution >= 0.6 is 0 Å². The standard InChI is InChI=1S/C24H22N2O4/c25-21-12-6-5-11-19(21)22(13-23(27)28)26-24(29)30-14-20-17-9-3-1-7-15(17)16-8-2-4-10-18(16)20/h1-12,20,22H,13-14,25H2,(H,26,29)(H,27,28). The number of nitrogen functional groups attached to an aromatic ring is 1. The molecule has 0 saturated heterocycles. The summed E-state index contributed by atoms with van der Waals surface area (Å²) < 4.78 is 5.53. The molecular weight excluding hydrogens is 380 g/mol. The molecule has 0 bridgehead atoms. The summed E-state index contributed by atoms with van der Waals surface area (Å²) in [6.45, 7) is 0.157. The van der Waals surface area contributed by atoms with Gasteiger partial charge in [-0.3, -0.25) is 4.79 Å². The van der Waals surface area contributed by atoms with Gasteiger partial charge in [-0.15, -0.1) is 0 Å². The van der Waals surface area contributed by atoms with E-state index in [2.05, 4.69) is 17.4 Å². The number of para-hydroxylation sites is 1. The molecule has 3 aromatic carbocycles. The maximum Gasteiger partial charge on any atom is 0.407 e. The number of hydrogen-bond acceptors (Lipinski definition) is 4. The van der Waals surface area contributed by atoms with E-state index in [1.165, 1.54) is 0 Å². The Hall–Kier alpha value is -3.80. The molecule has 1 atom stereocenters. The Bertz CT molecular complexity index is 1050. The number of carbonyl (C=O) groups excluding carboxylic acids is 1. The van der Waals surface area contributed by atoms with Gasteiger partial charge in [-0.05, 0) is 33.9 Å². The first-order valence-electron chi connectivity index (χ1n) is 9.72. The van der Waals surface area contributed by atoms with Gasteiger partial charge >= 0.3 is 12.1 Å². The van der Waals surface area contributed by atoms with Crippen molar-refractivity contribution in [1.29, 1.82) is 0 Å². The molecule has 30 heavy (non-hydrogen) atoms. The van der Waals surface area contributed by atoms with Crippen LogP contribution in [0, 0.1) is 0 Å². The molecule has 3 aromatic rings. The number of carboxylic acids is 1. The van der Waals surface area contributed by atoms with Crippen molar-refractivity contribution in [2.75, 3.05) is 12.3 Å². The quantitative estimate of drug-likeness (QED) is 0.533. The van der Waals surface area contributed by atoms with Crippen molar-refractivity contribution >= 4 is 17.7 Å². The van der Waals surface area contributed by atoms with Gasteiger partial charge in [-0.2, -0.15) is 0 Å². The van der Waals surface area contributed by atoms with Gasteiger partial charge < -0.3 is 20.9 Å². The number of anilines is 1. The average Bonchev–Trinajstić information content (AvgIpc) is 3.06. The van der Waals surface area contributed by atoms with Gasteiger partial charge in [-0.1, -0.05) is 66.7 Å². The Morgan fingerprint density at radius 1 is 0.933 bits per heavy atom. The highest BCUT2D eigenvalue weighted by Crippen LogP contribution is 2.44. The van der Waals surface area contributed by atoms with Crippen LogP contribution in [-0.2, 0) is 9.53 Å².